The SMILES string of the molecule is CCC(C(N)=O)c1cccc(O)c1O. The van der Waals surface area contributed by atoms with Gasteiger partial charge in [0.05, 0.1) is 5.92 Å². The van der Waals surface area contributed by atoms with Crippen LogP contribution in [0.1, 0.15) is 24.8 Å². The van der Waals surface area contributed by atoms with Crippen LogP contribution in [-0.2, 0) is 4.79 Å². The molecule has 0 saturated carbocycles. The summed E-state index contributed by atoms with van der Waals surface area (Å²) in [5, 5.41) is 18.7. The van der Waals surface area contributed by atoms with Gasteiger partial charge >= 0.3 is 0 Å². The van der Waals surface area contributed by atoms with Crippen molar-refractivity contribution in [2.75, 3.05) is 0 Å². The number of carbonyl (C=O) groups excluding carboxylic acids is 1. The number of hydrogen-bond donors (Lipinski definition) is 3. The first-order valence-corrected chi connectivity index (χ1v) is 4.38. The maximum Gasteiger partial charge on any atom is 0.225 e. The Bertz CT molecular complexity index is 349. The summed E-state index contributed by atoms with van der Waals surface area (Å²) in [6, 6.07) is 4.50. The van der Waals surface area contributed by atoms with E-state index in [0.29, 0.717) is 12.0 Å². The molecule has 1 atom stereocenters. The molecule has 0 aliphatic carbocycles. The molecule has 1 rings (SSSR count). The van der Waals surface area contributed by atoms with Crippen molar-refractivity contribution < 1.29 is 15.0 Å². The lowest BCUT2D eigenvalue weighted by Crippen LogP contribution is -2.20. The van der Waals surface area contributed by atoms with Gasteiger partial charge in [0.2, 0.25) is 5.91 Å². The summed E-state index contributed by atoms with van der Waals surface area (Å²) in [7, 11) is 0. The molecule has 76 valence electrons. The molecule has 1 amide bonds. The van der Waals surface area contributed by atoms with Gasteiger partial charge in [0, 0.05) is 5.56 Å². The average molecular weight is 195 g/mol. The normalized spacial score (nSPS) is 12.4. The molecule has 0 saturated heterocycles. The van der Waals surface area contributed by atoms with E-state index in [1.807, 2.05) is 0 Å². The predicted molar refractivity (Wildman–Crippen MR) is 52.0 cm³/mol. The van der Waals surface area contributed by atoms with E-state index in [1.54, 1.807) is 19.1 Å². The molecule has 0 aromatic heterocycles. The maximum atomic E-state index is 11.0. The molecule has 0 spiro atoms. The third-order valence-electron chi connectivity index (χ3n) is 2.17. The van der Waals surface area contributed by atoms with Gasteiger partial charge in [0.1, 0.15) is 0 Å². The molecule has 4 nitrogen and oxygen atoms in total. The van der Waals surface area contributed by atoms with Crippen LogP contribution in [0.3, 0.4) is 0 Å². The number of phenols is 2. The number of hydrogen-bond acceptors (Lipinski definition) is 3. The topological polar surface area (TPSA) is 83.6 Å². The second-order valence-corrected chi connectivity index (χ2v) is 3.08. The van der Waals surface area contributed by atoms with Gasteiger partial charge in [-0.25, -0.2) is 0 Å². The van der Waals surface area contributed by atoms with Crippen LogP contribution in [0.15, 0.2) is 18.2 Å². The molecule has 0 fully saturated rings. The van der Waals surface area contributed by atoms with Gasteiger partial charge in [-0.2, -0.15) is 0 Å². The summed E-state index contributed by atoms with van der Waals surface area (Å²) < 4.78 is 0. The van der Waals surface area contributed by atoms with E-state index in [2.05, 4.69) is 0 Å². The van der Waals surface area contributed by atoms with E-state index in [0.717, 1.165) is 0 Å². The minimum absolute atomic E-state index is 0.234. The van der Waals surface area contributed by atoms with E-state index in [9.17, 15) is 15.0 Å². The lowest BCUT2D eigenvalue weighted by Gasteiger charge is -2.13. The third kappa shape index (κ3) is 1.79. The maximum absolute atomic E-state index is 11.0. The fraction of sp³-hybridized carbons (Fsp3) is 0.300. The van der Waals surface area contributed by atoms with E-state index >= 15 is 0 Å². The van der Waals surface area contributed by atoms with Crippen LogP contribution in [0, 0.1) is 0 Å². The first-order chi connectivity index (χ1) is 6.57. The van der Waals surface area contributed by atoms with Crippen LogP contribution in [0.25, 0.3) is 0 Å². The zero-order valence-electron chi connectivity index (χ0n) is 7.90. The molecule has 0 bridgehead atoms. The van der Waals surface area contributed by atoms with Crippen LogP contribution in [-0.4, -0.2) is 16.1 Å². The van der Waals surface area contributed by atoms with Gasteiger partial charge in [-0.05, 0) is 12.5 Å². The van der Waals surface area contributed by atoms with Crippen molar-refractivity contribution in [1.29, 1.82) is 0 Å². The van der Waals surface area contributed by atoms with Gasteiger partial charge in [-0.15, -0.1) is 0 Å². The average Bonchev–Trinajstić information content (AvgIpc) is 2.13. The van der Waals surface area contributed by atoms with Crippen LogP contribution < -0.4 is 5.73 Å². The molecule has 1 unspecified atom stereocenters. The van der Waals surface area contributed by atoms with Crippen molar-refractivity contribution in [3.8, 4) is 11.5 Å². The summed E-state index contributed by atoms with van der Waals surface area (Å²) in [5.41, 5.74) is 5.54. The van der Waals surface area contributed by atoms with Gasteiger partial charge < -0.3 is 15.9 Å². The Labute approximate surface area is 82.0 Å². The van der Waals surface area contributed by atoms with Gasteiger partial charge in [-0.3, -0.25) is 4.79 Å². The first-order valence-electron chi connectivity index (χ1n) is 4.38. The molecule has 0 aliphatic rings. The zero-order valence-corrected chi connectivity index (χ0v) is 7.90. The Morgan fingerprint density at radius 3 is 2.64 bits per heavy atom. The number of rotatable bonds is 3. The highest BCUT2D eigenvalue weighted by Gasteiger charge is 2.20. The number of amides is 1. The Morgan fingerprint density at radius 1 is 1.50 bits per heavy atom. The molecular formula is C10H13NO3. The summed E-state index contributed by atoms with van der Waals surface area (Å²) in [6.07, 6.45) is 0.492. The second-order valence-electron chi connectivity index (χ2n) is 3.08. The minimum Gasteiger partial charge on any atom is -0.504 e. The number of carbonyl (C=O) groups is 1. The lowest BCUT2D eigenvalue weighted by atomic mass is 9.95. The summed E-state index contributed by atoms with van der Waals surface area (Å²) in [5.74, 6) is -1.56. The second kappa shape index (κ2) is 4.00. The standard InChI is InChI=1S/C10H13NO3/c1-2-6(10(11)14)7-4-3-5-8(12)9(7)13/h3-6,12-13H,2H2,1H3,(H2,11,14). The predicted octanol–water partition coefficient (Wildman–Crippen LogP) is 1.08. The van der Waals surface area contributed by atoms with Crippen LogP contribution in [0.2, 0.25) is 0 Å². The van der Waals surface area contributed by atoms with Crippen LogP contribution in [0.4, 0.5) is 0 Å². The Balaban J connectivity index is 3.16. The molecule has 1 aromatic carbocycles. The molecule has 4 N–H and O–H groups in total. The molecule has 0 radical (unpaired) electrons. The van der Waals surface area contributed by atoms with Crippen LogP contribution in [0.5, 0.6) is 11.5 Å². The Hall–Kier alpha value is -1.71. The highest BCUT2D eigenvalue weighted by Crippen LogP contribution is 2.34. The molecule has 14 heavy (non-hydrogen) atoms. The molecular weight excluding hydrogens is 182 g/mol. The van der Waals surface area contributed by atoms with E-state index in [4.69, 9.17) is 5.73 Å². The number of benzene rings is 1. The Morgan fingerprint density at radius 2 is 2.14 bits per heavy atom. The molecule has 0 aliphatic heterocycles. The number of primary amides is 1. The fourth-order valence-electron chi connectivity index (χ4n) is 1.40. The lowest BCUT2D eigenvalue weighted by molar-refractivity contribution is -0.119. The van der Waals surface area contributed by atoms with E-state index in [1.165, 1.54) is 6.07 Å². The monoisotopic (exact) mass is 195 g/mol. The zero-order chi connectivity index (χ0) is 10.7. The number of phenolic OH excluding ortho intramolecular Hbond substituents is 2. The van der Waals surface area contributed by atoms with E-state index < -0.39 is 11.8 Å². The van der Waals surface area contributed by atoms with Crippen molar-refractivity contribution >= 4 is 5.91 Å². The van der Waals surface area contributed by atoms with Crippen molar-refractivity contribution in [2.45, 2.75) is 19.3 Å². The van der Waals surface area contributed by atoms with Crippen molar-refractivity contribution in [2.24, 2.45) is 5.73 Å². The molecule has 0 heterocycles. The van der Waals surface area contributed by atoms with Crippen molar-refractivity contribution in [3.63, 3.8) is 0 Å². The fourth-order valence-corrected chi connectivity index (χ4v) is 1.40. The first kappa shape index (κ1) is 10.4. The smallest absolute Gasteiger partial charge is 0.225 e. The largest absolute Gasteiger partial charge is 0.504 e. The Kier molecular flexibility index (Phi) is 2.96. The van der Waals surface area contributed by atoms with E-state index in [-0.39, 0.29) is 11.5 Å². The molecule has 4 heteroatoms. The van der Waals surface area contributed by atoms with Gasteiger partial charge in [-0.1, -0.05) is 19.1 Å². The van der Waals surface area contributed by atoms with Crippen molar-refractivity contribution in [1.82, 2.24) is 0 Å². The van der Waals surface area contributed by atoms with Gasteiger partial charge in [0.25, 0.3) is 0 Å². The van der Waals surface area contributed by atoms with Crippen LogP contribution >= 0.6 is 0 Å². The summed E-state index contributed by atoms with van der Waals surface area (Å²) in [6.45, 7) is 1.79. The number of aromatic hydroxyl groups is 2. The number of para-hydroxylation sites is 1. The summed E-state index contributed by atoms with van der Waals surface area (Å²) in [4.78, 5) is 11.0. The highest BCUT2D eigenvalue weighted by atomic mass is 16.3. The molecule has 1 aromatic rings. The van der Waals surface area contributed by atoms with Gasteiger partial charge in [0.15, 0.2) is 11.5 Å². The summed E-state index contributed by atoms with van der Waals surface area (Å²) >= 11 is 0. The van der Waals surface area contributed by atoms with Crippen molar-refractivity contribution in [3.05, 3.63) is 23.8 Å². The highest BCUT2D eigenvalue weighted by molar-refractivity contribution is 5.83. The number of nitrogens with two attached hydrogens (primary N) is 1. The quantitative estimate of drug-likeness (QED) is 0.631. The minimum atomic E-state index is -0.554. The third-order valence-corrected chi connectivity index (χ3v) is 2.17.